The third-order valence-corrected chi connectivity index (χ3v) is 2.41. The Hall–Kier alpha value is -1.12. The summed E-state index contributed by atoms with van der Waals surface area (Å²) >= 11 is 0. The molecule has 2 nitrogen and oxygen atoms in total. The maximum absolute atomic E-state index is 12.6. The van der Waals surface area contributed by atoms with Crippen molar-refractivity contribution >= 4 is 5.82 Å². The third kappa shape index (κ3) is 2.17. The molecule has 72 valence electrons. The van der Waals surface area contributed by atoms with Gasteiger partial charge in [-0.05, 0) is 23.5 Å². The highest BCUT2D eigenvalue weighted by molar-refractivity contribution is 5.41. The molecular formula is C10H15FN2. The van der Waals surface area contributed by atoms with Crippen molar-refractivity contribution in [3.63, 3.8) is 0 Å². The van der Waals surface area contributed by atoms with Crippen molar-refractivity contribution in [2.45, 2.75) is 26.7 Å². The molecule has 0 bridgehead atoms. The second-order valence-electron chi connectivity index (χ2n) is 3.64. The second kappa shape index (κ2) is 3.73. The molecule has 1 unspecified atom stereocenters. The van der Waals surface area contributed by atoms with Crippen molar-refractivity contribution in [1.82, 2.24) is 4.98 Å². The van der Waals surface area contributed by atoms with Gasteiger partial charge in [0.2, 0.25) is 5.95 Å². The van der Waals surface area contributed by atoms with E-state index in [0.29, 0.717) is 17.7 Å². The van der Waals surface area contributed by atoms with Gasteiger partial charge in [-0.25, -0.2) is 4.98 Å². The Kier molecular flexibility index (Phi) is 2.86. The van der Waals surface area contributed by atoms with E-state index < -0.39 is 5.95 Å². The Balaban J connectivity index is 3.01. The molecule has 0 saturated heterocycles. The van der Waals surface area contributed by atoms with Gasteiger partial charge in [0.15, 0.2) is 0 Å². The summed E-state index contributed by atoms with van der Waals surface area (Å²) in [5.41, 5.74) is 6.54. The Bertz CT molecular complexity index is 297. The molecule has 1 heterocycles. The van der Waals surface area contributed by atoms with E-state index >= 15 is 0 Å². The third-order valence-electron chi connectivity index (χ3n) is 2.41. The monoisotopic (exact) mass is 182 g/mol. The normalized spacial score (nSPS) is 13.3. The summed E-state index contributed by atoms with van der Waals surface area (Å²) in [4.78, 5) is 3.59. The van der Waals surface area contributed by atoms with Crippen LogP contribution in [0.4, 0.5) is 10.2 Å². The number of hydrogen-bond donors (Lipinski definition) is 1. The smallest absolute Gasteiger partial charge is 0.214 e. The first-order valence-corrected chi connectivity index (χ1v) is 4.44. The van der Waals surface area contributed by atoms with Crippen LogP contribution in [-0.4, -0.2) is 4.98 Å². The molecule has 1 rings (SSSR count). The van der Waals surface area contributed by atoms with Gasteiger partial charge in [-0.3, -0.25) is 0 Å². The molecule has 0 fully saturated rings. The summed E-state index contributed by atoms with van der Waals surface area (Å²) in [5, 5.41) is 0. The zero-order chi connectivity index (χ0) is 10.0. The van der Waals surface area contributed by atoms with Crippen LogP contribution in [-0.2, 0) is 0 Å². The molecule has 0 aromatic carbocycles. The Morgan fingerprint density at radius 2 is 1.92 bits per heavy atom. The largest absolute Gasteiger partial charge is 0.383 e. The maximum Gasteiger partial charge on any atom is 0.214 e. The molecule has 0 spiro atoms. The van der Waals surface area contributed by atoms with Crippen molar-refractivity contribution in [3.8, 4) is 0 Å². The summed E-state index contributed by atoms with van der Waals surface area (Å²) < 4.78 is 12.6. The van der Waals surface area contributed by atoms with E-state index in [2.05, 4.69) is 25.8 Å². The predicted molar refractivity (Wildman–Crippen MR) is 51.9 cm³/mol. The average molecular weight is 182 g/mol. The van der Waals surface area contributed by atoms with Gasteiger partial charge in [-0.2, -0.15) is 4.39 Å². The number of halogens is 1. The summed E-state index contributed by atoms with van der Waals surface area (Å²) in [6, 6.07) is 3.06. The zero-order valence-electron chi connectivity index (χ0n) is 8.21. The van der Waals surface area contributed by atoms with E-state index in [-0.39, 0.29) is 0 Å². The summed E-state index contributed by atoms with van der Waals surface area (Å²) in [5.74, 6) is 0.584. The molecule has 0 saturated carbocycles. The molecule has 1 atom stereocenters. The first-order valence-electron chi connectivity index (χ1n) is 4.44. The quantitative estimate of drug-likeness (QED) is 0.714. The van der Waals surface area contributed by atoms with Crippen LogP contribution in [0, 0.1) is 11.9 Å². The summed E-state index contributed by atoms with van der Waals surface area (Å²) in [6.45, 7) is 6.27. The molecule has 3 heteroatoms. The van der Waals surface area contributed by atoms with Crippen LogP contribution in [0.15, 0.2) is 12.1 Å². The molecular weight excluding hydrogens is 167 g/mol. The van der Waals surface area contributed by atoms with Gasteiger partial charge in [-0.1, -0.05) is 26.8 Å². The van der Waals surface area contributed by atoms with Crippen molar-refractivity contribution in [3.05, 3.63) is 23.6 Å². The van der Waals surface area contributed by atoms with Gasteiger partial charge in [0, 0.05) is 0 Å². The fourth-order valence-electron chi connectivity index (χ4n) is 1.20. The first-order chi connectivity index (χ1) is 6.02. The zero-order valence-corrected chi connectivity index (χ0v) is 8.21. The van der Waals surface area contributed by atoms with Crippen LogP contribution in [0.3, 0.4) is 0 Å². The summed E-state index contributed by atoms with van der Waals surface area (Å²) in [7, 11) is 0. The topological polar surface area (TPSA) is 38.9 Å². The van der Waals surface area contributed by atoms with Crippen LogP contribution >= 0.6 is 0 Å². The highest BCUT2D eigenvalue weighted by atomic mass is 19.1. The number of aromatic nitrogens is 1. The van der Waals surface area contributed by atoms with E-state index in [0.717, 1.165) is 5.56 Å². The first kappa shape index (κ1) is 9.96. The van der Waals surface area contributed by atoms with Crippen LogP contribution in [0.5, 0.6) is 0 Å². The fourth-order valence-corrected chi connectivity index (χ4v) is 1.20. The van der Waals surface area contributed by atoms with Gasteiger partial charge >= 0.3 is 0 Å². The lowest BCUT2D eigenvalue weighted by molar-refractivity contribution is 0.529. The molecule has 13 heavy (non-hydrogen) atoms. The number of nitrogens with zero attached hydrogens (tertiary/aromatic N) is 1. The van der Waals surface area contributed by atoms with Gasteiger partial charge in [-0.15, -0.1) is 0 Å². The maximum atomic E-state index is 12.6. The van der Waals surface area contributed by atoms with Crippen LogP contribution in [0.25, 0.3) is 0 Å². The lowest BCUT2D eigenvalue weighted by atomic mass is 9.91. The lowest BCUT2D eigenvalue weighted by Crippen LogP contribution is -2.07. The van der Waals surface area contributed by atoms with E-state index in [4.69, 9.17) is 5.73 Å². The van der Waals surface area contributed by atoms with E-state index in [9.17, 15) is 4.39 Å². The predicted octanol–water partition coefficient (Wildman–Crippen LogP) is 2.56. The van der Waals surface area contributed by atoms with Crippen molar-refractivity contribution in [1.29, 1.82) is 0 Å². The molecule has 0 amide bonds. The number of hydrogen-bond acceptors (Lipinski definition) is 2. The second-order valence-corrected chi connectivity index (χ2v) is 3.64. The molecule has 0 radical (unpaired) electrons. The van der Waals surface area contributed by atoms with E-state index in [1.54, 1.807) is 6.07 Å². The van der Waals surface area contributed by atoms with Crippen molar-refractivity contribution in [2.75, 3.05) is 5.73 Å². The average Bonchev–Trinajstić information content (AvgIpc) is 2.03. The molecule has 2 N–H and O–H groups in total. The molecule has 0 aliphatic heterocycles. The van der Waals surface area contributed by atoms with Gasteiger partial charge in [0.05, 0.1) is 0 Å². The Labute approximate surface area is 78.0 Å². The van der Waals surface area contributed by atoms with Gasteiger partial charge in [0.25, 0.3) is 0 Å². The van der Waals surface area contributed by atoms with E-state index in [1.165, 1.54) is 6.07 Å². The molecule has 0 aliphatic carbocycles. The number of anilines is 1. The minimum Gasteiger partial charge on any atom is -0.383 e. The molecule has 1 aromatic heterocycles. The molecule has 1 aromatic rings. The highest BCUT2D eigenvalue weighted by Crippen LogP contribution is 2.26. The van der Waals surface area contributed by atoms with Crippen LogP contribution < -0.4 is 5.73 Å². The Morgan fingerprint density at radius 3 is 2.38 bits per heavy atom. The fraction of sp³-hybridized carbons (Fsp3) is 0.500. The minimum absolute atomic E-state index is 0.307. The SMILES string of the molecule is CC(C)C(C)c1ccc(F)nc1N. The number of pyridine rings is 1. The van der Waals surface area contributed by atoms with Crippen LogP contribution in [0.2, 0.25) is 0 Å². The minimum atomic E-state index is -0.516. The van der Waals surface area contributed by atoms with Crippen molar-refractivity contribution in [2.24, 2.45) is 5.92 Å². The summed E-state index contributed by atoms with van der Waals surface area (Å²) in [6.07, 6.45) is 0. The number of nitrogen functional groups attached to an aromatic ring is 1. The Morgan fingerprint density at radius 1 is 1.31 bits per heavy atom. The standard InChI is InChI=1S/C10H15FN2/c1-6(2)7(3)8-4-5-9(11)13-10(8)12/h4-7H,1-3H3,(H2,12,13). The molecule has 0 aliphatic rings. The number of nitrogens with two attached hydrogens (primary N) is 1. The lowest BCUT2D eigenvalue weighted by Gasteiger charge is -2.16. The van der Waals surface area contributed by atoms with Gasteiger partial charge in [0.1, 0.15) is 5.82 Å². The van der Waals surface area contributed by atoms with Crippen molar-refractivity contribution < 1.29 is 4.39 Å². The van der Waals surface area contributed by atoms with Crippen LogP contribution in [0.1, 0.15) is 32.3 Å². The van der Waals surface area contributed by atoms with E-state index in [1.807, 2.05) is 0 Å². The van der Waals surface area contributed by atoms with Gasteiger partial charge < -0.3 is 5.73 Å². The highest BCUT2D eigenvalue weighted by Gasteiger charge is 2.13. The number of rotatable bonds is 2.